The molecular formula is C50H65F2N11O4. The van der Waals surface area contributed by atoms with Crippen molar-refractivity contribution in [2.24, 2.45) is 17.3 Å². The molecule has 7 heterocycles. The van der Waals surface area contributed by atoms with Gasteiger partial charge in [-0.2, -0.15) is 0 Å². The van der Waals surface area contributed by atoms with Crippen LogP contribution in [0.15, 0.2) is 42.7 Å². The number of amides is 4. The zero-order valence-corrected chi connectivity index (χ0v) is 39.2. The summed E-state index contributed by atoms with van der Waals surface area (Å²) in [5.41, 5.74) is 2.67. The molecule has 67 heavy (non-hydrogen) atoms. The van der Waals surface area contributed by atoms with E-state index in [-0.39, 0.29) is 41.8 Å². The van der Waals surface area contributed by atoms with E-state index in [2.05, 4.69) is 67.5 Å². The number of rotatable bonds is 12. The summed E-state index contributed by atoms with van der Waals surface area (Å²) in [7, 11) is 2.22. The van der Waals surface area contributed by atoms with Crippen molar-refractivity contribution in [1.29, 1.82) is 0 Å². The number of nitrogens with zero attached hydrogens (tertiary/aromatic N) is 8. The van der Waals surface area contributed by atoms with Crippen LogP contribution in [-0.4, -0.2) is 138 Å². The molecule has 1 aliphatic carbocycles. The largest absolute Gasteiger partial charge is 0.385 e. The predicted molar refractivity (Wildman–Crippen MR) is 252 cm³/mol. The number of carbonyl (C=O) groups is 4. The molecule has 10 rings (SSSR count). The van der Waals surface area contributed by atoms with E-state index in [1.54, 1.807) is 16.1 Å². The van der Waals surface area contributed by atoms with Gasteiger partial charge in [0, 0.05) is 99.3 Å². The Balaban J connectivity index is 0.682. The highest BCUT2D eigenvalue weighted by Gasteiger charge is 2.45. The standard InChI is InChI=1S/C50H65F2N11O4/c1-49(2)10-16-59(17-11-49)25-34-22-39(52)42(23-38(34)51)62-29-46(65)57-50(30-62)12-18-60(19-13-50)43-24-44(55-31-54-43)61-26-32-20-35(21-33(32)27-61)58(3)15-5-14-53-40-7-4-6-36-37(40)28-63(48(36)67)41-8-9-45(64)56-47(41)66/h4,6-7,22-24,31-33,35,41,53H,5,8-21,25-30H2,1-3H3,(H,57,65)(H,56,64,66)/t32-,33+,35?,41?. The van der Waals surface area contributed by atoms with Gasteiger partial charge in [0.2, 0.25) is 17.7 Å². The van der Waals surface area contributed by atoms with Crippen LogP contribution in [0.1, 0.15) is 93.1 Å². The van der Waals surface area contributed by atoms with Crippen LogP contribution in [0.25, 0.3) is 0 Å². The first kappa shape index (κ1) is 45.4. The molecule has 358 valence electrons. The van der Waals surface area contributed by atoms with Gasteiger partial charge in [-0.25, -0.2) is 18.7 Å². The maximum atomic E-state index is 15.8. The highest BCUT2D eigenvalue weighted by atomic mass is 19.1. The Hall–Kier alpha value is -5.42. The third-order valence-electron chi connectivity index (χ3n) is 16.2. The van der Waals surface area contributed by atoms with E-state index < -0.39 is 29.1 Å². The minimum absolute atomic E-state index is 0.0116. The zero-order valence-electron chi connectivity index (χ0n) is 39.2. The van der Waals surface area contributed by atoms with Crippen molar-refractivity contribution in [2.45, 2.75) is 102 Å². The van der Waals surface area contributed by atoms with Crippen LogP contribution < -0.4 is 30.7 Å². The van der Waals surface area contributed by atoms with Crippen LogP contribution in [0.4, 0.5) is 31.8 Å². The molecule has 1 aromatic heterocycles. The molecule has 6 aliphatic heterocycles. The summed E-state index contributed by atoms with van der Waals surface area (Å²) in [6.45, 7) is 12.3. The second kappa shape index (κ2) is 18.2. The average Bonchev–Trinajstić information content (AvgIpc) is 4.00. The van der Waals surface area contributed by atoms with E-state index in [0.29, 0.717) is 81.0 Å². The lowest BCUT2D eigenvalue weighted by atomic mass is 9.82. The van der Waals surface area contributed by atoms with Crippen molar-refractivity contribution in [3.63, 3.8) is 0 Å². The van der Waals surface area contributed by atoms with Crippen LogP contribution in [0.5, 0.6) is 0 Å². The fourth-order valence-electron chi connectivity index (χ4n) is 12.1. The summed E-state index contributed by atoms with van der Waals surface area (Å²) in [5, 5.41) is 9.17. The number of fused-ring (bicyclic) bond motifs is 2. The molecule has 7 aliphatic rings. The Labute approximate surface area is 392 Å². The van der Waals surface area contributed by atoms with Crippen molar-refractivity contribution in [1.82, 2.24) is 35.3 Å². The van der Waals surface area contributed by atoms with Crippen LogP contribution in [-0.2, 0) is 27.5 Å². The molecule has 17 heteroatoms. The van der Waals surface area contributed by atoms with E-state index in [0.717, 1.165) is 94.3 Å². The lowest BCUT2D eigenvalue weighted by Gasteiger charge is -2.48. The van der Waals surface area contributed by atoms with Crippen molar-refractivity contribution in [2.75, 3.05) is 92.5 Å². The minimum atomic E-state index is -0.630. The van der Waals surface area contributed by atoms with E-state index >= 15 is 8.78 Å². The number of hydrogen-bond acceptors (Lipinski definition) is 12. The van der Waals surface area contributed by atoms with Gasteiger partial charge in [-0.05, 0) is 113 Å². The molecular weight excluding hydrogens is 857 g/mol. The first-order valence-electron chi connectivity index (χ1n) is 24.5. The number of nitrogens with one attached hydrogen (secondary N) is 3. The Morgan fingerprint density at radius 3 is 2.31 bits per heavy atom. The SMILES string of the molecule is CN(CCCNc1cccc2c1CN(C1CCC(=O)NC1=O)C2=O)C1C[C@@H]2CN(c3cc(N4CCC5(CC4)CN(c4cc(F)c(CN6CCC(C)(C)CC6)cc4F)CC(=O)N5)ncn3)C[C@@H]2C1. The summed E-state index contributed by atoms with van der Waals surface area (Å²) in [5.74, 6) is 1.03. The zero-order chi connectivity index (χ0) is 46.6. The molecule has 15 nitrogen and oxygen atoms in total. The van der Waals surface area contributed by atoms with Crippen molar-refractivity contribution < 1.29 is 28.0 Å². The maximum absolute atomic E-state index is 15.8. The van der Waals surface area contributed by atoms with Crippen LogP contribution in [0.3, 0.4) is 0 Å². The fourth-order valence-corrected chi connectivity index (χ4v) is 12.1. The van der Waals surface area contributed by atoms with Gasteiger partial charge >= 0.3 is 0 Å². The number of carbonyl (C=O) groups excluding carboxylic acids is 4. The van der Waals surface area contributed by atoms with Gasteiger partial charge in [0.15, 0.2) is 0 Å². The first-order chi connectivity index (χ1) is 32.2. The molecule has 0 radical (unpaired) electrons. The van der Waals surface area contributed by atoms with E-state index in [1.807, 2.05) is 18.2 Å². The van der Waals surface area contributed by atoms with E-state index in [4.69, 9.17) is 4.98 Å². The number of halogens is 2. The molecule has 2 aromatic carbocycles. The molecule has 4 atom stereocenters. The Kier molecular flexibility index (Phi) is 12.4. The quantitative estimate of drug-likeness (QED) is 0.170. The number of piperazine rings is 1. The average molecular weight is 922 g/mol. The first-order valence-corrected chi connectivity index (χ1v) is 24.5. The number of likely N-dealkylation sites (tertiary alicyclic amines) is 1. The second-order valence-corrected chi connectivity index (χ2v) is 21.3. The third-order valence-corrected chi connectivity index (χ3v) is 16.2. The Morgan fingerprint density at radius 1 is 0.851 bits per heavy atom. The molecule has 2 unspecified atom stereocenters. The van der Waals surface area contributed by atoms with Gasteiger partial charge < -0.3 is 35.1 Å². The highest BCUT2D eigenvalue weighted by Crippen LogP contribution is 2.42. The summed E-state index contributed by atoms with van der Waals surface area (Å²) >= 11 is 0. The van der Waals surface area contributed by atoms with E-state index in [9.17, 15) is 19.2 Å². The number of benzene rings is 2. The van der Waals surface area contributed by atoms with Crippen molar-refractivity contribution in [3.8, 4) is 0 Å². The second-order valence-electron chi connectivity index (χ2n) is 21.3. The lowest BCUT2D eigenvalue weighted by Crippen LogP contribution is -2.66. The van der Waals surface area contributed by atoms with Crippen LogP contribution in [0.2, 0.25) is 0 Å². The summed E-state index contributed by atoms with van der Waals surface area (Å²) in [6.07, 6.45) is 8.83. The van der Waals surface area contributed by atoms with Gasteiger partial charge in [0.25, 0.3) is 5.91 Å². The molecule has 4 amide bonds. The van der Waals surface area contributed by atoms with Crippen molar-refractivity contribution >= 4 is 46.6 Å². The molecule has 0 bridgehead atoms. The van der Waals surface area contributed by atoms with Gasteiger partial charge in [-0.15, -0.1) is 0 Å². The molecule has 1 spiro atoms. The third kappa shape index (κ3) is 9.42. The number of piperidine rings is 3. The van der Waals surface area contributed by atoms with Gasteiger partial charge in [0.1, 0.15) is 35.6 Å². The smallest absolute Gasteiger partial charge is 0.255 e. The predicted octanol–water partition coefficient (Wildman–Crippen LogP) is 4.76. The van der Waals surface area contributed by atoms with E-state index in [1.165, 1.54) is 12.1 Å². The Morgan fingerprint density at radius 2 is 1.58 bits per heavy atom. The number of imide groups is 1. The van der Waals surface area contributed by atoms with Gasteiger partial charge in [-0.1, -0.05) is 19.9 Å². The number of aromatic nitrogens is 2. The molecule has 1 saturated carbocycles. The molecule has 3 N–H and O–H groups in total. The van der Waals surface area contributed by atoms with Crippen LogP contribution >= 0.6 is 0 Å². The summed E-state index contributed by atoms with van der Waals surface area (Å²) in [4.78, 5) is 72.7. The normalized spacial score (nSPS) is 26.1. The summed E-state index contributed by atoms with van der Waals surface area (Å²) in [6, 6.07) is 10.3. The minimum Gasteiger partial charge on any atom is -0.385 e. The molecule has 5 saturated heterocycles. The van der Waals surface area contributed by atoms with Crippen LogP contribution in [0, 0.1) is 28.9 Å². The molecule has 3 aromatic rings. The number of anilines is 4. The van der Waals surface area contributed by atoms with Crippen molar-refractivity contribution in [3.05, 3.63) is 71.1 Å². The highest BCUT2D eigenvalue weighted by molar-refractivity contribution is 6.06. The molecule has 6 fully saturated rings. The maximum Gasteiger partial charge on any atom is 0.255 e. The number of hydrogen-bond donors (Lipinski definition) is 3. The monoisotopic (exact) mass is 922 g/mol. The Bertz CT molecular complexity index is 2390. The lowest BCUT2D eigenvalue weighted by molar-refractivity contribution is -0.137. The topological polar surface area (TPSA) is 150 Å². The summed E-state index contributed by atoms with van der Waals surface area (Å²) < 4.78 is 31.3. The van der Waals surface area contributed by atoms with Gasteiger partial charge in [-0.3, -0.25) is 29.4 Å². The van der Waals surface area contributed by atoms with Gasteiger partial charge in [0.05, 0.1) is 17.8 Å². The fraction of sp³-hybridized carbons (Fsp3) is 0.600.